The molecule has 0 saturated heterocycles. The molecule has 0 radical (unpaired) electrons. The fourth-order valence-corrected chi connectivity index (χ4v) is 11.2. The Morgan fingerprint density at radius 1 is 0.758 bits per heavy atom. The van der Waals surface area contributed by atoms with Crippen LogP contribution in [0.5, 0.6) is 0 Å². The van der Waals surface area contributed by atoms with Crippen molar-refractivity contribution in [3.63, 3.8) is 0 Å². The van der Waals surface area contributed by atoms with Gasteiger partial charge in [-0.25, -0.2) is 0 Å². The summed E-state index contributed by atoms with van der Waals surface area (Å²) < 4.78 is 5.34. The third-order valence-electron chi connectivity index (χ3n) is 13.1. The third-order valence-corrected chi connectivity index (χ3v) is 13.1. The molecule has 0 N–H and O–H groups in total. The number of allylic oxidation sites excluding steroid dienone is 2. The lowest BCUT2D eigenvalue weighted by atomic mass is 9.31. The zero-order chi connectivity index (χ0) is 24.8. The molecule has 4 rings (SSSR count). The number of esters is 1. The Balaban J connectivity index is 1.84. The first-order chi connectivity index (χ1) is 15.1. The molecule has 0 bridgehead atoms. The molecule has 0 aliphatic heterocycles. The summed E-state index contributed by atoms with van der Waals surface area (Å²) in [5.74, 6) is 2.12. The molecular weight excluding hydrogens is 404 g/mol. The van der Waals surface area contributed by atoms with Crippen molar-refractivity contribution in [3.05, 3.63) is 24.3 Å². The Morgan fingerprint density at radius 2 is 1.30 bits per heavy atom. The Morgan fingerprint density at radius 3 is 1.85 bits per heavy atom. The van der Waals surface area contributed by atoms with Gasteiger partial charge in [0.15, 0.2) is 0 Å². The van der Waals surface area contributed by atoms with Crippen LogP contribution in [0.1, 0.15) is 100 Å². The number of methoxy groups -OCH3 is 1. The molecule has 0 spiro atoms. The maximum atomic E-state index is 13.0. The molecule has 4 saturated carbocycles. The fourth-order valence-electron chi connectivity index (χ4n) is 11.2. The van der Waals surface area contributed by atoms with Crippen LogP contribution in [-0.2, 0) is 9.53 Å². The molecule has 0 aromatic rings. The summed E-state index contributed by atoms with van der Waals surface area (Å²) in [6.45, 7) is 28.7. The summed E-state index contributed by atoms with van der Waals surface area (Å²) >= 11 is 0. The predicted octanol–water partition coefficient (Wildman–Crippen LogP) is 8.23. The van der Waals surface area contributed by atoms with E-state index in [9.17, 15) is 4.79 Å². The molecule has 4 aliphatic rings. The quantitative estimate of drug-likeness (QED) is 0.317. The van der Waals surface area contributed by atoms with Crippen molar-refractivity contribution in [3.8, 4) is 0 Å². The van der Waals surface area contributed by atoms with Gasteiger partial charge in [0, 0.05) is 0 Å². The maximum absolute atomic E-state index is 13.0. The second-order valence-electron chi connectivity index (χ2n) is 14.2. The standard InChI is InChI=1S/C31H50O2/c1-19(2)21-12-17-30(9)28(21,7)15-14-25-29(30,8)16-13-24-27(5,6)23(26(32)33-11)18-22(20(3)4)31(24,25)10/h21-25H,1,3,12-18H2,2,4-11H3/t21-,22+,23+,24-,25+,28-,29+,30-,31-/m0/s1. The molecule has 2 nitrogen and oxygen atoms in total. The van der Waals surface area contributed by atoms with E-state index in [1.807, 2.05) is 0 Å². The van der Waals surface area contributed by atoms with E-state index in [1.54, 1.807) is 7.11 Å². The van der Waals surface area contributed by atoms with Crippen molar-refractivity contribution in [2.75, 3.05) is 7.11 Å². The highest BCUT2D eigenvalue weighted by Gasteiger charge is 2.73. The SMILES string of the molecule is C=C(C)[C@H]1C[C@H](C(=O)OC)C(C)(C)[C@@H]2CC[C@]3(C)[C@@H](CC[C@@]4(C)[C@H](C(=C)C)CC[C@@]43C)[C@@]12C. The van der Waals surface area contributed by atoms with E-state index in [0.717, 1.165) is 6.42 Å². The average Bonchev–Trinajstić information content (AvgIpc) is 2.99. The van der Waals surface area contributed by atoms with E-state index < -0.39 is 0 Å². The monoisotopic (exact) mass is 454 g/mol. The summed E-state index contributed by atoms with van der Waals surface area (Å²) in [4.78, 5) is 13.0. The predicted molar refractivity (Wildman–Crippen MR) is 138 cm³/mol. The largest absolute Gasteiger partial charge is 0.469 e. The molecule has 0 aromatic carbocycles. The van der Waals surface area contributed by atoms with Gasteiger partial charge >= 0.3 is 5.97 Å². The van der Waals surface area contributed by atoms with Gasteiger partial charge in [-0.3, -0.25) is 4.79 Å². The van der Waals surface area contributed by atoms with Crippen LogP contribution in [-0.4, -0.2) is 13.1 Å². The Hall–Kier alpha value is -1.05. The second-order valence-corrected chi connectivity index (χ2v) is 14.2. The number of carbonyl (C=O) groups is 1. The highest BCUT2D eigenvalue weighted by molar-refractivity contribution is 5.73. The number of hydrogen-bond donors (Lipinski definition) is 0. The smallest absolute Gasteiger partial charge is 0.309 e. The lowest BCUT2D eigenvalue weighted by molar-refractivity contribution is -0.245. The highest BCUT2D eigenvalue weighted by Crippen LogP contribution is 2.80. The van der Waals surface area contributed by atoms with Crippen LogP contribution in [0.15, 0.2) is 24.3 Å². The lowest BCUT2D eigenvalue weighted by Crippen LogP contribution is -2.67. The van der Waals surface area contributed by atoms with Gasteiger partial charge < -0.3 is 4.74 Å². The van der Waals surface area contributed by atoms with Crippen LogP contribution in [0.4, 0.5) is 0 Å². The Bertz CT molecular complexity index is 868. The molecule has 0 amide bonds. The minimum atomic E-state index is -0.0628. The molecule has 2 heteroatoms. The molecule has 186 valence electrons. The summed E-state index contributed by atoms with van der Waals surface area (Å²) in [7, 11) is 1.56. The minimum absolute atomic E-state index is 0.0232. The van der Waals surface area contributed by atoms with Crippen LogP contribution in [0.3, 0.4) is 0 Å². The zero-order valence-corrected chi connectivity index (χ0v) is 23.1. The van der Waals surface area contributed by atoms with Crippen LogP contribution >= 0.6 is 0 Å². The number of fused-ring (bicyclic) bond motifs is 5. The van der Waals surface area contributed by atoms with E-state index in [-0.39, 0.29) is 22.7 Å². The minimum Gasteiger partial charge on any atom is -0.469 e. The zero-order valence-electron chi connectivity index (χ0n) is 23.1. The molecule has 9 atom stereocenters. The van der Waals surface area contributed by atoms with Crippen molar-refractivity contribution in [1.29, 1.82) is 0 Å². The first-order valence-electron chi connectivity index (χ1n) is 13.5. The van der Waals surface area contributed by atoms with Crippen LogP contribution in [0, 0.1) is 56.7 Å². The first-order valence-corrected chi connectivity index (χ1v) is 13.5. The molecule has 33 heavy (non-hydrogen) atoms. The van der Waals surface area contributed by atoms with Gasteiger partial charge in [-0.1, -0.05) is 65.8 Å². The first kappa shape index (κ1) is 25.1. The summed E-state index contributed by atoms with van der Waals surface area (Å²) in [5.41, 5.74) is 3.72. The normalized spacial score (nSPS) is 50.5. The van der Waals surface area contributed by atoms with Gasteiger partial charge in [-0.2, -0.15) is 0 Å². The van der Waals surface area contributed by atoms with Crippen LogP contribution in [0.2, 0.25) is 0 Å². The lowest BCUT2D eigenvalue weighted by Gasteiger charge is -2.73. The number of rotatable bonds is 3. The van der Waals surface area contributed by atoms with Gasteiger partial charge in [0.1, 0.15) is 0 Å². The van der Waals surface area contributed by atoms with E-state index in [0.29, 0.717) is 39.9 Å². The topological polar surface area (TPSA) is 26.3 Å². The number of hydrogen-bond acceptors (Lipinski definition) is 2. The average molecular weight is 455 g/mol. The highest BCUT2D eigenvalue weighted by atomic mass is 16.5. The van der Waals surface area contributed by atoms with Gasteiger partial charge in [-0.05, 0) is 110 Å². The van der Waals surface area contributed by atoms with Gasteiger partial charge in [0.25, 0.3) is 0 Å². The maximum Gasteiger partial charge on any atom is 0.309 e. The van der Waals surface area contributed by atoms with E-state index in [2.05, 4.69) is 68.5 Å². The van der Waals surface area contributed by atoms with Crippen molar-refractivity contribution >= 4 is 5.97 Å². The van der Waals surface area contributed by atoms with E-state index >= 15 is 0 Å². The molecule has 0 heterocycles. The third kappa shape index (κ3) is 2.88. The fraction of sp³-hybridized carbons (Fsp3) is 0.839. The number of ether oxygens (including phenoxy) is 1. The van der Waals surface area contributed by atoms with Crippen molar-refractivity contribution in [2.24, 2.45) is 56.7 Å². The van der Waals surface area contributed by atoms with Crippen molar-refractivity contribution < 1.29 is 9.53 Å². The van der Waals surface area contributed by atoms with Crippen LogP contribution < -0.4 is 0 Å². The Kier molecular flexibility index (Phi) is 5.67. The molecule has 0 unspecified atom stereocenters. The number of carbonyl (C=O) groups excluding carboxylic acids is 1. The summed E-state index contributed by atoms with van der Waals surface area (Å²) in [5, 5.41) is 0. The van der Waals surface area contributed by atoms with Gasteiger partial charge in [0.2, 0.25) is 0 Å². The molecule has 4 fully saturated rings. The van der Waals surface area contributed by atoms with Gasteiger partial charge in [-0.15, -0.1) is 0 Å². The van der Waals surface area contributed by atoms with Crippen molar-refractivity contribution in [2.45, 2.75) is 100 Å². The van der Waals surface area contributed by atoms with E-state index in [4.69, 9.17) is 4.74 Å². The molecule has 4 aliphatic carbocycles. The van der Waals surface area contributed by atoms with Crippen molar-refractivity contribution in [1.82, 2.24) is 0 Å². The van der Waals surface area contributed by atoms with E-state index in [1.165, 1.54) is 49.7 Å². The molecule has 0 aromatic heterocycles. The van der Waals surface area contributed by atoms with Crippen LogP contribution in [0.25, 0.3) is 0 Å². The summed E-state index contributed by atoms with van der Waals surface area (Å²) in [6, 6.07) is 0. The second kappa shape index (κ2) is 7.47. The van der Waals surface area contributed by atoms with Gasteiger partial charge in [0.05, 0.1) is 13.0 Å². The summed E-state index contributed by atoms with van der Waals surface area (Å²) in [6.07, 6.45) is 8.57. The molecular formula is C31H50O2. The Labute approximate surface area is 204 Å².